The van der Waals surface area contributed by atoms with Gasteiger partial charge in [0, 0.05) is 32.2 Å². The number of hydrogen-bond acceptors (Lipinski definition) is 4. The molecule has 2 atom stereocenters. The Labute approximate surface area is 146 Å². The molecule has 6 nitrogen and oxygen atoms in total. The van der Waals surface area contributed by atoms with E-state index in [0.717, 1.165) is 45.3 Å². The van der Waals surface area contributed by atoms with Crippen LogP contribution in [0.3, 0.4) is 0 Å². The van der Waals surface area contributed by atoms with Gasteiger partial charge in [0.15, 0.2) is 0 Å². The average molecular weight is 368 g/mol. The van der Waals surface area contributed by atoms with E-state index < -0.39 is 10.0 Å². The number of rotatable bonds is 6. The van der Waals surface area contributed by atoms with Crippen LogP contribution in [-0.4, -0.2) is 69.1 Å². The molecule has 0 aromatic heterocycles. The maximum Gasteiger partial charge on any atom is 0.236 e. The number of carbonyl (C=O) groups excluding carboxylic acids is 1. The molecule has 0 aliphatic carbocycles. The fourth-order valence-electron chi connectivity index (χ4n) is 3.60. The molecule has 0 unspecified atom stereocenters. The fourth-order valence-corrected chi connectivity index (χ4v) is 4.41. The van der Waals surface area contributed by atoms with E-state index in [9.17, 15) is 13.2 Å². The highest BCUT2D eigenvalue weighted by atomic mass is 35.5. The van der Waals surface area contributed by atoms with E-state index in [2.05, 4.69) is 16.5 Å². The Bertz CT molecular complexity index is 480. The Balaban J connectivity index is 0.00000264. The lowest BCUT2D eigenvalue weighted by Crippen LogP contribution is -2.43. The van der Waals surface area contributed by atoms with Gasteiger partial charge < -0.3 is 4.90 Å². The number of carbonyl (C=O) groups is 1. The van der Waals surface area contributed by atoms with Gasteiger partial charge >= 0.3 is 0 Å². The molecule has 0 bridgehead atoms. The second-order valence-electron chi connectivity index (χ2n) is 6.68. The first kappa shape index (κ1) is 20.7. The van der Waals surface area contributed by atoms with Gasteiger partial charge in [0.1, 0.15) is 0 Å². The molecule has 0 radical (unpaired) electrons. The molecule has 1 amide bonds. The third-order valence-electron chi connectivity index (χ3n) is 4.61. The first-order valence-electron chi connectivity index (χ1n) is 8.36. The molecule has 23 heavy (non-hydrogen) atoms. The molecule has 0 aromatic carbocycles. The first-order valence-corrected chi connectivity index (χ1v) is 10.3. The predicted molar refractivity (Wildman–Crippen MR) is 94.3 cm³/mol. The minimum Gasteiger partial charge on any atom is -0.342 e. The Morgan fingerprint density at radius 1 is 1.17 bits per heavy atom. The van der Waals surface area contributed by atoms with Crippen molar-refractivity contribution in [1.82, 2.24) is 14.5 Å². The van der Waals surface area contributed by atoms with Crippen molar-refractivity contribution in [2.45, 2.75) is 45.1 Å². The predicted octanol–water partition coefficient (Wildman–Crippen LogP) is 1.07. The zero-order valence-corrected chi connectivity index (χ0v) is 15.8. The van der Waals surface area contributed by atoms with Gasteiger partial charge in [0.2, 0.25) is 15.9 Å². The number of likely N-dealkylation sites (tertiary alicyclic amines) is 2. The molecular formula is C15H30ClN3O3S. The van der Waals surface area contributed by atoms with Crippen LogP contribution in [0.25, 0.3) is 0 Å². The number of nitrogens with one attached hydrogen (secondary N) is 1. The van der Waals surface area contributed by atoms with Crippen LogP contribution in [0.15, 0.2) is 0 Å². The van der Waals surface area contributed by atoms with Crippen LogP contribution < -0.4 is 4.72 Å². The lowest BCUT2D eigenvalue weighted by Gasteiger charge is -2.28. The van der Waals surface area contributed by atoms with E-state index in [0.29, 0.717) is 19.0 Å². The van der Waals surface area contributed by atoms with Crippen molar-refractivity contribution in [2.75, 3.05) is 39.0 Å². The van der Waals surface area contributed by atoms with E-state index >= 15 is 0 Å². The molecule has 1 N–H and O–H groups in total. The smallest absolute Gasteiger partial charge is 0.236 e. The Kier molecular flexibility index (Phi) is 8.27. The lowest BCUT2D eigenvalue weighted by atomic mass is 9.99. The summed E-state index contributed by atoms with van der Waals surface area (Å²) in [5.41, 5.74) is 0. The summed E-state index contributed by atoms with van der Waals surface area (Å²) in [6.07, 6.45) is 6.64. The number of piperidine rings is 1. The number of halogens is 1. The van der Waals surface area contributed by atoms with Crippen LogP contribution in [0, 0.1) is 5.92 Å². The fraction of sp³-hybridized carbons (Fsp3) is 0.933. The topological polar surface area (TPSA) is 69.7 Å². The molecule has 0 aromatic rings. The third kappa shape index (κ3) is 6.57. The summed E-state index contributed by atoms with van der Waals surface area (Å²) in [6, 6.07) is -0.0656. The quantitative estimate of drug-likeness (QED) is 0.762. The Morgan fingerprint density at radius 3 is 2.39 bits per heavy atom. The monoisotopic (exact) mass is 367 g/mol. The normalized spacial score (nSPS) is 26.1. The Hall–Kier alpha value is -0.370. The summed E-state index contributed by atoms with van der Waals surface area (Å²) >= 11 is 0. The zero-order chi connectivity index (χ0) is 16.2. The molecule has 2 fully saturated rings. The lowest BCUT2D eigenvalue weighted by molar-refractivity contribution is -0.133. The number of amides is 1. The van der Waals surface area contributed by atoms with E-state index in [-0.39, 0.29) is 24.4 Å². The van der Waals surface area contributed by atoms with Crippen LogP contribution >= 0.6 is 12.4 Å². The Morgan fingerprint density at radius 2 is 1.83 bits per heavy atom. The van der Waals surface area contributed by atoms with Gasteiger partial charge in [-0.2, -0.15) is 0 Å². The van der Waals surface area contributed by atoms with Crippen molar-refractivity contribution in [1.29, 1.82) is 0 Å². The van der Waals surface area contributed by atoms with Crippen LogP contribution in [0.4, 0.5) is 0 Å². The van der Waals surface area contributed by atoms with Crippen molar-refractivity contribution < 1.29 is 13.2 Å². The van der Waals surface area contributed by atoms with Gasteiger partial charge in [-0.15, -0.1) is 12.4 Å². The van der Waals surface area contributed by atoms with Crippen LogP contribution in [0.2, 0.25) is 0 Å². The molecule has 2 aliphatic heterocycles. The van der Waals surface area contributed by atoms with Gasteiger partial charge in [-0.3, -0.25) is 9.69 Å². The second-order valence-corrected chi connectivity index (χ2v) is 8.46. The van der Waals surface area contributed by atoms with E-state index in [1.807, 2.05) is 4.90 Å². The number of nitrogens with zero attached hydrogens (tertiary/aromatic N) is 2. The van der Waals surface area contributed by atoms with E-state index in [1.54, 1.807) is 0 Å². The second kappa shape index (κ2) is 9.20. The SMILES string of the molecule is CCC[C@H]1CN(CC(=O)N2CCCCC2)C[C@@H]1NS(C)(=O)=O.Cl. The van der Waals surface area contributed by atoms with Crippen molar-refractivity contribution in [2.24, 2.45) is 5.92 Å². The molecule has 2 aliphatic rings. The van der Waals surface area contributed by atoms with Gasteiger partial charge in [0.05, 0.1) is 12.8 Å². The van der Waals surface area contributed by atoms with Crippen molar-refractivity contribution in [3.63, 3.8) is 0 Å². The van der Waals surface area contributed by atoms with Gasteiger partial charge in [-0.25, -0.2) is 13.1 Å². The summed E-state index contributed by atoms with van der Waals surface area (Å²) in [7, 11) is -3.20. The highest BCUT2D eigenvalue weighted by Crippen LogP contribution is 2.22. The number of sulfonamides is 1. The van der Waals surface area contributed by atoms with Gasteiger partial charge in [-0.05, 0) is 31.6 Å². The summed E-state index contributed by atoms with van der Waals surface area (Å²) < 4.78 is 25.8. The highest BCUT2D eigenvalue weighted by Gasteiger charge is 2.35. The summed E-state index contributed by atoms with van der Waals surface area (Å²) in [5.74, 6) is 0.490. The summed E-state index contributed by atoms with van der Waals surface area (Å²) in [5, 5.41) is 0. The van der Waals surface area contributed by atoms with Crippen molar-refractivity contribution in [3.05, 3.63) is 0 Å². The van der Waals surface area contributed by atoms with Gasteiger partial charge in [-0.1, -0.05) is 13.3 Å². The molecule has 0 spiro atoms. The highest BCUT2D eigenvalue weighted by molar-refractivity contribution is 7.88. The largest absolute Gasteiger partial charge is 0.342 e. The summed E-state index contributed by atoms with van der Waals surface area (Å²) in [4.78, 5) is 16.4. The van der Waals surface area contributed by atoms with Crippen LogP contribution in [0.5, 0.6) is 0 Å². The maximum absolute atomic E-state index is 12.4. The minimum atomic E-state index is -3.20. The minimum absolute atomic E-state index is 0. The molecule has 0 saturated carbocycles. The van der Waals surface area contributed by atoms with E-state index in [1.165, 1.54) is 12.7 Å². The van der Waals surface area contributed by atoms with Crippen molar-refractivity contribution in [3.8, 4) is 0 Å². The zero-order valence-electron chi connectivity index (χ0n) is 14.2. The number of hydrogen-bond donors (Lipinski definition) is 1. The molecule has 2 rings (SSSR count). The molecular weight excluding hydrogens is 338 g/mol. The molecule has 136 valence electrons. The van der Waals surface area contributed by atoms with E-state index in [4.69, 9.17) is 0 Å². The molecule has 8 heteroatoms. The van der Waals surface area contributed by atoms with Crippen molar-refractivity contribution >= 4 is 28.3 Å². The van der Waals surface area contributed by atoms with Crippen LogP contribution in [0.1, 0.15) is 39.0 Å². The molecule has 2 saturated heterocycles. The van der Waals surface area contributed by atoms with Gasteiger partial charge in [0.25, 0.3) is 0 Å². The standard InChI is InChI=1S/C15H29N3O3S.ClH/c1-3-7-13-10-17(11-14(13)16-22(2,20)21)12-15(19)18-8-5-4-6-9-18;/h13-14,16H,3-12H2,1-2H3;1H/t13-,14-;/m0./s1. The van der Waals surface area contributed by atoms with Crippen LogP contribution in [-0.2, 0) is 14.8 Å². The summed E-state index contributed by atoms with van der Waals surface area (Å²) in [6.45, 7) is 5.71. The average Bonchev–Trinajstić information content (AvgIpc) is 2.80. The first-order chi connectivity index (χ1) is 10.4. The molecule has 2 heterocycles. The third-order valence-corrected chi connectivity index (χ3v) is 5.34. The maximum atomic E-state index is 12.4.